The van der Waals surface area contributed by atoms with Crippen LogP contribution in [-0.2, 0) is 0 Å². The molecule has 0 unspecified atom stereocenters. The third-order valence-corrected chi connectivity index (χ3v) is 3.71. The van der Waals surface area contributed by atoms with Gasteiger partial charge in [0.25, 0.3) is 5.24 Å². The summed E-state index contributed by atoms with van der Waals surface area (Å²) in [6.07, 6.45) is 0. The van der Waals surface area contributed by atoms with Crippen molar-refractivity contribution in [2.45, 2.75) is 0 Å². The SMILES string of the molecule is O=C(Cl)c1cc(Cl)cc2c1-c1ccc(Cl)cc1C2=O. The molecule has 0 radical (unpaired) electrons. The smallest absolute Gasteiger partial charge is 0.253 e. The highest BCUT2D eigenvalue weighted by atomic mass is 35.5. The zero-order valence-electron chi connectivity index (χ0n) is 9.34. The Morgan fingerprint density at radius 1 is 0.895 bits per heavy atom. The van der Waals surface area contributed by atoms with Crippen LogP contribution in [0, 0.1) is 0 Å². The summed E-state index contributed by atoms with van der Waals surface area (Å²) in [6, 6.07) is 7.96. The molecule has 1 aliphatic carbocycles. The predicted octanol–water partition coefficient (Wildman–Crippen LogP) is 4.58. The Labute approximate surface area is 123 Å². The maximum absolute atomic E-state index is 12.3. The maximum Gasteiger partial charge on any atom is 0.253 e. The number of rotatable bonds is 1. The molecule has 2 aromatic carbocycles. The van der Waals surface area contributed by atoms with Crippen LogP contribution in [0.2, 0.25) is 10.0 Å². The Balaban J connectivity index is 2.41. The molecular weight excluding hydrogens is 307 g/mol. The van der Waals surface area contributed by atoms with E-state index in [9.17, 15) is 9.59 Å². The monoisotopic (exact) mass is 310 g/mol. The number of benzene rings is 2. The van der Waals surface area contributed by atoms with Crippen LogP contribution in [-0.4, -0.2) is 11.0 Å². The molecule has 0 N–H and O–H groups in total. The predicted molar refractivity (Wildman–Crippen MR) is 75.5 cm³/mol. The van der Waals surface area contributed by atoms with E-state index in [-0.39, 0.29) is 11.3 Å². The van der Waals surface area contributed by atoms with Gasteiger partial charge in [-0.05, 0) is 41.4 Å². The van der Waals surface area contributed by atoms with Crippen LogP contribution in [0.3, 0.4) is 0 Å². The quantitative estimate of drug-likeness (QED) is 0.616. The normalized spacial score (nSPS) is 12.3. The van der Waals surface area contributed by atoms with Crippen molar-refractivity contribution in [1.82, 2.24) is 0 Å². The van der Waals surface area contributed by atoms with Crippen LogP contribution in [0.25, 0.3) is 11.1 Å². The summed E-state index contributed by atoms with van der Waals surface area (Å²) in [4.78, 5) is 23.8. The van der Waals surface area contributed by atoms with Crippen molar-refractivity contribution in [3.8, 4) is 11.1 Å². The minimum Gasteiger partial charge on any atom is -0.289 e. The van der Waals surface area contributed by atoms with E-state index >= 15 is 0 Å². The zero-order valence-corrected chi connectivity index (χ0v) is 11.6. The van der Waals surface area contributed by atoms with Gasteiger partial charge in [0, 0.05) is 32.3 Å². The van der Waals surface area contributed by atoms with Crippen LogP contribution in [0.5, 0.6) is 0 Å². The fraction of sp³-hybridized carbons (Fsp3) is 0. The van der Waals surface area contributed by atoms with E-state index in [2.05, 4.69) is 0 Å². The molecule has 2 nitrogen and oxygen atoms in total. The number of hydrogen-bond acceptors (Lipinski definition) is 2. The van der Waals surface area contributed by atoms with Gasteiger partial charge in [-0.25, -0.2) is 0 Å². The fourth-order valence-corrected chi connectivity index (χ4v) is 2.84. The van der Waals surface area contributed by atoms with Gasteiger partial charge in [-0.1, -0.05) is 29.3 Å². The molecule has 0 fully saturated rings. The summed E-state index contributed by atoms with van der Waals surface area (Å²) in [5.74, 6) is -0.200. The summed E-state index contributed by atoms with van der Waals surface area (Å²) in [5.41, 5.74) is 2.27. The van der Waals surface area contributed by atoms with Crippen molar-refractivity contribution in [3.05, 3.63) is 57.1 Å². The zero-order chi connectivity index (χ0) is 13.7. The van der Waals surface area contributed by atoms with Gasteiger partial charge in [0.05, 0.1) is 0 Å². The van der Waals surface area contributed by atoms with Gasteiger partial charge >= 0.3 is 0 Å². The molecule has 0 bridgehead atoms. The van der Waals surface area contributed by atoms with E-state index in [0.29, 0.717) is 32.3 Å². The number of carbonyl (C=O) groups is 2. The molecule has 0 aliphatic heterocycles. The van der Waals surface area contributed by atoms with E-state index in [1.807, 2.05) is 0 Å². The third kappa shape index (κ3) is 1.88. The molecule has 0 aromatic heterocycles. The fourth-order valence-electron chi connectivity index (χ4n) is 2.30. The Morgan fingerprint density at radius 3 is 2.26 bits per heavy atom. The van der Waals surface area contributed by atoms with Crippen LogP contribution in [0.1, 0.15) is 26.3 Å². The van der Waals surface area contributed by atoms with E-state index in [1.54, 1.807) is 18.2 Å². The van der Waals surface area contributed by atoms with Crippen molar-refractivity contribution in [1.29, 1.82) is 0 Å². The lowest BCUT2D eigenvalue weighted by Gasteiger charge is -2.05. The highest BCUT2D eigenvalue weighted by Gasteiger charge is 2.31. The first kappa shape index (κ1) is 12.7. The first-order valence-corrected chi connectivity index (χ1v) is 6.50. The average Bonchev–Trinajstić information content (AvgIpc) is 2.62. The lowest BCUT2D eigenvalue weighted by atomic mass is 10.0. The molecule has 94 valence electrons. The van der Waals surface area contributed by atoms with Crippen LogP contribution < -0.4 is 0 Å². The van der Waals surface area contributed by atoms with Gasteiger partial charge in [-0.2, -0.15) is 0 Å². The summed E-state index contributed by atoms with van der Waals surface area (Å²) < 4.78 is 0. The van der Waals surface area contributed by atoms with Gasteiger partial charge in [0.15, 0.2) is 5.78 Å². The molecule has 1 aliphatic rings. The maximum atomic E-state index is 12.3. The molecule has 0 saturated carbocycles. The lowest BCUT2D eigenvalue weighted by Crippen LogP contribution is -1.98. The molecule has 0 spiro atoms. The van der Waals surface area contributed by atoms with Gasteiger partial charge in [0.1, 0.15) is 0 Å². The van der Waals surface area contributed by atoms with Gasteiger partial charge < -0.3 is 0 Å². The molecule has 0 heterocycles. The number of halogens is 3. The minimum atomic E-state index is -0.644. The Bertz CT molecular complexity index is 751. The largest absolute Gasteiger partial charge is 0.289 e. The number of fused-ring (bicyclic) bond motifs is 3. The molecule has 0 saturated heterocycles. The highest BCUT2D eigenvalue weighted by Crippen LogP contribution is 2.41. The molecule has 0 atom stereocenters. The van der Waals surface area contributed by atoms with Crippen LogP contribution >= 0.6 is 34.8 Å². The first-order chi connectivity index (χ1) is 8.99. The lowest BCUT2D eigenvalue weighted by molar-refractivity contribution is 0.104. The second kappa shape index (κ2) is 4.34. The van der Waals surface area contributed by atoms with Crippen molar-refractivity contribution in [2.75, 3.05) is 0 Å². The van der Waals surface area contributed by atoms with Crippen LogP contribution in [0.4, 0.5) is 0 Å². The topological polar surface area (TPSA) is 34.1 Å². The molecule has 2 aromatic rings. The Kier molecular flexibility index (Phi) is 2.90. The van der Waals surface area contributed by atoms with E-state index < -0.39 is 5.24 Å². The summed E-state index contributed by atoms with van der Waals surface area (Å²) >= 11 is 17.4. The Morgan fingerprint density at radius 2 is 1.58 bits per heavy atom. The van der Waals surface area contributed by atoms with Gasteiger partial charge in [-0.3, -0.25) is 9.59 Å². The third-order valence-electron chi connectivity index (χ3n) is 3.06. The second-order valence-corrected chi connectivity index (χ2v) is 5.38. The van der Waals surface area contributed by atoms with Crippen molar-refractivity contribution in [3.63, 3.8) is 0 Å². The molecular formula is C14H5Cl3O2. The van der Waals surface area contributed by atoms with Gasteiger partial charge in [0.2, 0.25) is 0 Å². The van der Waals surface area contributed by atoms with Crippen molar-refractivity contribution < 1.29 is 9.59 Å². The van der Waals surface area contributed by atoms with Crippen LogP contribution in [0.15, 0.2) is 30.3 Å². The number of carbonyl (C=O) groups excluding carboxylic acids is 2. The average molecular weight is 312 g/mol. The first-order valence-electron chi connectivity index (χ1n) is 5.37. The minimum absolute atomic E-state index is 0.200. The summed E-state index contributed by atoms with van der Waals surface area (Å²) in [6.45, 7) is 0. The molecule has 5 heteroatoms. The van der Waals surface area contributed by atoms with Gasteiger partial charge in [-0.15, -0.1) is 0 Å². The molecule has 19 heavy (non-hydrogen) atoms. The van der Waals surface area contributed by atoms with Crippen molar-refractivity contribution in [2.24, 2.45) is 0 Å². The Hall–Kier alpha value is -1.35. The molecule has 3 rings (SSSR count). The number of ketones is 1. The van der Waals surface area contributed by atoms with E-state index in [1.165, 1.54) is 12.1 Å². The molecule has 0 amide bonds. The summed E-state index contributed by atoms with van der Waals surface area (Å²) in [7, 11) is 0. The van der Waals surface area contributed by atoms with E-state index in [4.69, 9.17) is 34.8 Å². The highest BCUT2D eigenvalue weighted by molar-refractivity contribution is 6.68. The van der Waals surface area contributed by atoms with Crippen molar-refractivity contribution >= 4 is 45.8 Å². The van der Waals surface area contributed by atoms with E-state index in [0.717, 1.165) is 0 Å². The second-order valence-electron chi connectivity index (χ2n) is 4.17. The number of hydrogen-bond donors (Lipinski definition) is 0. The summed E-state index contributed by atoms with van der Waals surface area (Å²) in [5, 5.41) is 0.120. The standard InChI is InChI=1S/C14H5Cl3O2/c15-6-1-2-8-9(3-6)13(18)10-4-7(16)5-11(12(8)10)14(17)19/h1-5H.